The molecule has 2 aromatic carbocycles. The van der Waals surface area contributed by atoms with E-state index in [0.29, 0.717) is 12.0 Å². The zero-order valence-corrected chi connectivity index (χ0v) is 11.9. The summed E-state index contributed by atoms with van der Waals surface area (Å²) >= 11 is 0. The van der Waals surface area contributed by atoms with E-state index in [4.69, 9.17) is 10.5 Å². The van der Waals surface area contributed by atoms with Crippen molar-refractivity contribution in [3.05, 3.63) is 65.7 Å². The highest BCUT2D eigenvalue weighted by molar-refractivity contribution is 5.89. The van der Waals surface area contributed by atoms with Crippen LogP contribution in [0.2, 0.25) is 0 Å². The van der Waals surface area contributed by atoms with Gasteiger partial charge in [0.15, 0.2) is 0 Å². The predicted octanol–water partition coefficient (Wildman–Crippen LogP) is 1.57. The molecule has 2 aromatic rings. The van der Waals surface area contributed by atoms with Crippen LogP contribution in [0, 0.1) is 0 Å². The molecule has 0 aliphatic rings. The van der Waals surface area contributed by atoms with Crippen molar-refractivity contribution in [2.45, 2.75) is 18.9 Å². The van der Waals surface area contributed by atoms with E-state index in [9.17, 15) is 14.7 Å². The predicted molar refractivity (Wildman–Crippen MR) is 81.0 cm³/mol. The molecule has 0 aromatic heterocycles. The molecule has 0 saturated heterocycles. The SMILES string of the molecule is N[C@@H](Cc1ccccc1)C(=O)OC(=O)Cc1ccccc1O. The van der Waals surface area contributed by atoms with Crippen LogP contribution in [0.4, 0.5) is 0 Å². The third kappa shape index (κ3) is 4.43. The summed E-state index contributed by atoms with van der Waals surface area (Å²) < 4.78 is 4.73. The van der Waals surface area contributed by atoms with Gasteiger partial charge in [-0.05, 0) is 18.1 Å². The number of aromatic hydroxyl groups is 1. The lowest BCUT2D eigenvalue weighted by molar-refractivity contribution is -0.160. The van der Waals surface area contributed by atoms with Gasteiger partial charge in [0.1, 0.15) is 11.8 Å². The Bertz CT molecular complexity index is 655. The second kappa shape index (κ2) is 7.38. The standard InChI is InChI=1S/C17H17NO4/c18-14(10-12-6-2-1-3-7-12)17(21)22-16(20)11-13-8-4-5-9-15(13)19/h1-9,14,19H,10-11,18H2/t14-/m0/s1. The van der Waals surface area contributed by atoms with Crippen LogP contribution in [0.5, 0.6) is 5.75 Å². The van der Waals surface area contributed by atoms with Crippen molar-refractivity contribution in [3.63, 3.8) is 0 Å². The summed E-state index contributed by atoms with van der Waals surface area (Å²) in [5.74, 6) is -1.53. The molecule has 0 bridgehead atoms. The smallest absolute Gasteiger partial charge is 0.330 e. The lowest BCUT2D eigenvalue weighted by atomic mass is 10.1. The quantitative estimate of drug-likeness (QED) is 0.646. The van der Waals surface area contributed by atoms with Gasteiger partial charge in [0.2, 0.25) is 0 Å². The van der Waals surface area contributed by atoms with Crippen LogP contribution in [-0.4, -0.2) is 23.1 Å². The van der Waals surface area contributed by atoms with Gasteiger partial charge in [-0.3, -0.25) is 4.79 Å². The molecule has 1 atom stereocenters. The number of hydrogen-bond acceptors (Lipinski definition) is 5. The molecule has 0 aliphatic heterocycles. The number of esters is 2. The first-order valence-electron chi connectivity index (χ1n) is 6.87. The summed E-state index contributed by atoms with van der Waals surface area (Å²) in [5.41, 5.74) is 7.03. The van der Waals surface area contributed by atoms with Crippen LogP contribution in [0.3, 0.4) is 0 Å². The number of para-hydroxylation sites is 1. The van der Waals surface area contributed by atoms with Crippen molar-refractivity contribution in [2.24, 2.45) is 5.73 Å². The molecule has 5 nitrogen and oxygen atoms in total. The van der Waals surface area contributed by atoms with E-state index in [1.54, 1.807) is 18.2 Å². The molecule has 0 unspecified atom stereocenters. The zero-order valence-electron chi connectivity index (χ0n) is 11.9. The maximum absolute atomic E-state index is 11.8. The molecule has 0 fully saturated rings. The summed E-state index contributed by atoms with van der Waals surface area (Å²) in [6, 6.07) is 14.7. The van der Waals surface area contributed by atoms with Gasteiger partial charge >= 0.3 is 11.9 Å². The molecule has 0 saturated carbocycles. The largest absolute Gasteiger partial charge is 0.508 e. The number of benzene rings is 2. The van der Waals surface area contributed by atoms with Crippen molar-refractivity contribution in [2.75, 3.05) is 0 Å². The van der Waals surface area contributed by atoms with Gasteiger partial charge < -0.3 is 15.6 Å². The summed E-state index contributed by atoms with van der Waals surface area (Å²) in [6.07, 6.45) is 0.111. The summed E-state index contributed by atoms with van der Waals surface area (Å²) in [6.45, 7) is 0. The third-order valence-corrected chi connectivity index (χ3v) is 3.14. The van der Waals surface area contributed by atoms with Crippen LogP contribution < -0.4 is 5.73 Å². The first kappa shape index (κ1) is 15.7. The van der Waals surface area contributed by atoms with Crippen LogP contribution in [0.1, 0.15) is 11.1 Å². The molecule has 22 heavy (non-hydrogen) atoms. The van der Waals surface area contributed by atoms with Crippen molar-refractivity contribution in [1.29, 1.82) is 0 Å². The first-order chi connectivity index (χ1) is 10.6. The van der Waals surface area contributed by atoms with Crippen molar-refractivity contribution < 1.29 is 19.4 Å². The topological polar surface area (TPSA) is 89.6 Å². The summed E-state index contributed by atoms with van der Waals surface area (Å²) in [7, 11) is 0. The minimum absolute atomic E-state index is 0.0134. The molecule has 0 radical (unpaired) electrons. The normalized spacial score (nSPS) is 11.7. The summed E-state index contributed by atoms with van der Waals surface area (Å²) in [4.78, 5) is 23.5. The Morgan fingerprint density at radius 1 is 1.05 bits per heavy atom. The fraction of sp³-hybridized carbons (Fsp3) is 0.176. The van der Waals surface area contributed by atoms with Gasteiger partial charge in [-0.2, -0.15) is 0 Å². The Morgan fingerprint density at radius 2 is 1.68 bits per heavy atom. The van der Waals surface area contributed by atoms with Crippen molar-refractivity contribution in [1.82, 2.24) is 0 Å². The van der Waals surface area contributed by atoms with Crippen LogP contribution in [0.25, 0.3) is 0 Å². The molecule has 5 heteroatoms. The zero-order chi connectivity index (χ0) is 15.9. The Hall–Kier alpha value is -2.66. The number of ether oxygens (including phenoxy) is 1. The monoisotopic (exact) mass is 299 g/mol. The minimum Gasteiger partial charge on any atom is -0.508 e. The molecular formula is C17H17NO4. The van der Waals surface area contributed by atoms with Crippen molar-refractivity contribution >= 4 is 11.9 Å². The number of carbonyl (C=O) groups is 2. The van der Waals surface area contributed by atoms with Gasteiger partial charge in [0, 0.05) is 5.56 Å². The number of nitrogens with two attached hydrogens (primary N) is 1. The Balaban J connectivity index is 1.88. The van der Waals surface area contributed by atoms with Gasteiger partial charge in [-0.15, -0.1) is 0 Å². The van der Waals surface area contributed by atoms with Crippen LogP contribution >= 0.6 is 0 Å². The number of rotatable bonds is 5. The van der Waals surface area contributed by atoms with Crippen molar-refractivity contribution in [3.8, 4) is 5.75 Å². The minimum atomic E-state index is -0.907. The third-order valence-electron chi connectivity index (χ3n) is 3.14. The van der Waals surface area contributed by atoms with Crippen LogP contribution in [0.15, 0.2) is 54.6 Å². The second-order valence-electron chi connectivity index (χ2n) is 4.89. The Labute approximate surface area is 128 Å². The maximum atomic E-state index is 11.8. The molecule has 2 rings (SSSR count). The Kier molecular flexibility index (Phi) is 5.27. The van der Waals surface area contributed by atoms with Gasteiger partial charge in [0.25, 0.3) is 0 Å². The highest BCUT2D eigenvalue weighted by Crippen LogP contribution is 2.16. The summed E-state index contributed by atoms with van der Waals surface area (Å²) in [5, 5.41) is 9.58. The average Bonchev–Trinajstić information content (AvgIpc) is 2.50. The van der Waals surface area contributed by atoms with E-state index in [0.717, 1.165) is 5.56 Å². The van der Waals surface area contributed by atoms with E-state index < -0.39 is 18.0 Å². The van der Waals surface area contributed by atoms with E-state index in [1.165, 1.54) is 6.07 Å². The van der Waals surface area contributed by atoms with E-state index in [2.05, 4.69) is 0 Å². The number of hydrogen-bond donors (Lipinski definition) is 2. The van der Waals surface area contributed by atoms with Gasteiger partial charge in [-0.25, -0.2) is 4.79 Å². The number of phenols is 1. The first-order valence-corrected chi connectivity index (χ1v) is 6.87. The van der Waals surface area contributed by atoms with E-state index >= 15 is 0 Å². The number of carbonyl (C=O) groups excluding carboxylic acids is 2. The van der Waals surface area contributed by atoms with E-state index in [1.807, 2.05) is 30.3 Å². The van der Waals surface area contributed by atoms with Crippen LogP contribution in [-0.2, 0) is 27.2 Å². The molecule has 3 N–H and O–H groups in total. The Morgan fingerprint density at radius 3 is 2.36 bits per heavy atom. The maximum Gasteiger partial charge on any atom is 0.330 e. The van der Waals surface area contributed by atoms with Gasteiger partial charge in [0.05, 0.1) is 6.42 Å². The fourth-order valence-corrected chi connectivity index (χ4v) is 1.99. The average molecular weight is 299 g/mol. The second-order valence-corrected chi connectivity index (χ2v) is 4.89. The fourth-order valence-electron chi connectivity index (χ4n) is 1.99. The van der Waals surface area contributed by atoms with E-state index in [-0.39, 0.29) is 12.2 Å². The molecular weight excluding hydrogens is 282 g/mol. The molecule has 0 amide bonds. The number of phenolic OH excluding ortho intramolecular Hbond substituents is 1. The molecule has 0 heterocycles. The molecule has 0 spiro atoms. The highest BCUT2D eigenvalue weighted by Gasteiger charge is 2.20. The highest BCUT2D eigenvalue weighted by atomic mass is 16.6. The van der Waals surface area contributed by atoms with Gasteiger partial charge in [-0.1, -0.05) is 48.5 Å². The lowest BCUT2D eigenvalue weighted by Gasteiger charge is -2.10. The lowest BCUT2D eigenvalue weighted by Crippen LogP contribution is -2.36. The molecule has 114 valence electrons. The molecule has 0 aliphatic carbocycles.